The zero-order valence-corrected chi connectivity index (χ0v) is 19.1. The summed E-state index contributed by atoms with van der Waals surface area (Å²) in [6.45, 7) is 0.641. The van der Waals surface area contributed by atoms with Gasteiger partial charge in [0.2, 0.25) is 0 Å². The van der Waals surface area contributed by atoms with Crippen LogP contribution in [-0.2, 0) is 9.47 Å². The van der Waals surface area contributed by atoms with Gasteiger partial charge in [-0.1, -0.05) is 60.7 Å². The SMILES string of the molecule is COC1CCC(c2ccc(/C=C/c3ccc(-c4ccc(C5CO5)cc4F)cc3)c(F)c2F)CC1. The van der Waals surface area contributed by atoms with Gasteiger partial charge in [0.15, 0.2) is 11.6 Å². The second kappa shape index (κ2) is 9.77. The molecule has 1 saturated carbocycles. The lowest BCUT2D eigenvalue weighted by Crippen LogP contribution is -2.20. The molecular weight excluding hydrogens is 437 g/mol. The summed E-state index contributed by atoms with van der Waals surface area (Å²) in [4.78, 5) is 0. The number of halogens is 3. The standard InChI is InChI=1S/C29H27F3O2/c1-33-23-12-8-20(9-13-23)25-15-10-21(28(31)29(25)32)7-4-18-2-5-19(6-3-18)24-14-11-22(16-26(24)30)27-17-34-27/h2-7,10-11,14-16,20,23,27H,8-9,12-13,17H2,1H3/b7-4+. The van der Waals surface area contributed by atoms with Crippen molar-refractivity contribution >= 4 is 12.2 Å². The van der Waals surface area contributed by atoms with Gasteiger partial charge < -0.3 is 9.47 Å². The molecule has 0 aromatic heterocycles. The maximum Gasteiger partial charge on any atom is 0.166 e. The van der Waals surface area contributed by atoms with Crippen LogP contribution < -0.4 is 0 Å². The van der Waals surface area contributed by atoms with Crippen LogP contribution in [0.3, 0.4) is 0 Å². The Hall–Kier alpha value is -2.89. The van der Waals surface area contributed by atoms with E-state index in [1.165, 1.54) is 6.07 Å². The first-order valence-corrected chi connectivity index (χ1v) is 11.7. The first-order valence-electron chi connectivity index (χ1n) is 11.7. The Morgan fingerprint density at radius 1 is 0.853 bits per heavy atom. The minimum Gasteiger partial charge on any atom is -0.381 e. The highest BCUT2D eigenvalue weighted by Gasteiger charge is 2.26. The molecule has 1 heterocycles. The van der Waals surface area contributed by atoms with Gasteiger partial charge in [-0.25, -0.2) is 13.2 Å². The number of rotatable bonds is 6. The van der Waals surface area contributed by atoms with Crippen molar-refractivity contribution in [2.75, 3.05) is 13.7 Å². The molecule has 2 nitrogen and oxygen atoms in total. The Bertz CT molecular complexity index is 1190. The quantitative estimate of drug-likeness (QED) is 0.276. The van der Waals surface area contributed by atoms with E-state index < -0.39 is 11.6 Å². The van der Waals surface area contributed by atoms with Gasteiger partial charge in [-0.2, -0.15) is 0 Å². The van der Waals surface area contributed by atoms with E-state index in [1.54, 1.807) is 37.5 Å². The van der Waals surface area contributed by atoms with E-state index in [-0.39, 0.29) is 29.5 Å². The monoisotopic (exact) mass is 464 g/mol. The molecule has 3 aromatic carbocycles. The van der Waals surface area contributed by atoms with Crippen molar-refractivity contribution in [3.05, 3.63) is 94.3 Å². The Morgan fingerprint density at radius 3 is 2.24 bits per heavy atom. The summed E-state index contributed by atoms with van der Waals surface area (Å²) in [6.07, 6.45) is 6.86. The van der Waals surface area contributed by atoms with Gasteiger partial charge in [0.25, 0.3) is 0 Å². The summed E-state index contributed by atoms with van der Waals surface area (Å²) < 4.78 is 54.7. The molecule has 3 aromatic rings. The van der Waals surface area contributed by atoms with Crippen LogP contribution in [0.4, 0.5) is 13.2 Å². The lowest BCUT2D eigenvalue weighted by Gasteiger charge is -2.28. The molecular formula is C29H27F3O2. The van der Waals surface area contributed by atoms with Crippen LogP contribution in [0.2, 0.25) is 0 Å². The summed E-state index contributed by atoms with van der Waals surface area (Å²) in [5.41, 5.74) is 3.60. The van der Waals surface area contributed by atoms with Crippen LogP contribution in [-0.4, -0.2) is 19.8 Å². The predicted molar refractivity (Wildman–Crippen MR) is 128 cm³/mol. The second-order valence-electron chi connectivity index (χ2n) is 9.10. The van der Waals surface area contributed by atoms with Crippen molar-refractivity contribution in [1.82, 2.24) is 0 Å². The largest absolute Gasteiger partial charge is 0.381 e. The van der Waals surface area contributed by atoms with Gasteiger partial charge in [-0.05, 0) is 59.9 Å². The lowest BCUT2D eigenvalue weighted by molar-refractivity contribution is 0.0655. The molecule has 1 aliphatic carbocycles. The number of hydrogen-bond acceptors (Lipinski definition) is 2. The summed E-state index contributed by atoms with van der Waals surface area (Å²) in [5.74, 6) is -1.84. The third-order valence-corrected chi connectivity index (χ3v) is 6.96. The first kappa shape index (κ1) is 22.9. The van der Waals surface area contributed by atoms with Gasteiger partial charge in [0, 0.05) is 18.2 Å². The van der Waals surface area contributed by atoms with Crippen molar-refractivity contribution < 1.29 is 22.6 Å². The minimum absolute atomic E-state index is 0.0149. The molecule has 1 saturated heterocycles. The summed E-state index contributed by atoms with van der Waals surface area (Å²) in [5, 5.41) is 0. The zero-order valence-electron chi connectivity index (χ0n) is 19.1. The molecule has 0 N–H and O–H groups in total. The Balaban J connectivity index is 1.29. The fourth-order valence-corrected chi connectivity index (χ4v) is 4.80. The van der Waals surface area contributed by atoms with Crippen LogP contribution in [0.1, 0.15) is 60.0 Å². The van der Waals surface area contributed by atoms with Crippen LogP contribution in [0, 0.1) is 17.5 Å². The third kappa shape index (κ3) is 4.82. The van der Waals surface area contributed by atoms with Crippen molar-refractivity contribution in [2.24, 2.45) is 0 Å². The molecule has 176 valence electrons. The Kier molecular flexibility index (Phi) is 6.57. The second-order valence-corrected chi connectivity index (χ2v) is 9.10. The normalized spacial score (nSPS) is 22.3. The van der Waals surface area contributed by atoms with E-state index in [2.05, 4.69) is 0 Å². The van der Waals surface area contributed by atoms with Gasteiger partial charge >= 0.3 is 0 Å². The maximum absolute atomic E-state index is 14.8. The summed E-state index contributed by atoms with van der Waals surface area (Å²) in [7, 11) is 1.69. The van der Waals surface area contributed by atoms with Crippen LogP contribution >= 0.6 is 0 Å². The molecule has 2 fully saturated rings. The molecule has 5 rings (SSSR count). The Morgan fingerprint density at radius 2 is 1.59 bits per heavy atom. The molecule has 1 atom stereocenters. The smallest absolute Gasteiger partial charge is 0.166 e. The topological polar surface area (TPSA) is 21.8 Å². The molecule has 1 aliphatic heterocycles. The van der Waals surface area contributed by atoms with Crippen LogP contribution in [0.25, 0.3) is 23.3 Å². The predicted octanol–water partition coefficient (Wildman–Crippen LogP) is 7.69. The maximum atomic E-state index is 14.8. The zero-order chi connectivity index (χ0) is 23.7. The van der Waals surface area contributed by atoms with Crippen molar-refractivity contribution in [3.63, 3.8) is 0 Å². The number of benzene rings is 3. The van der Waals surface area contributed by atoms with Crippen LogP contribution in [0.15, 0.2) is 54.6 Å². The molecule has 0 bridgehead atoms. The van der Waals surface area contributed by atoms with E-state index in [9.17, 15) is 13.2 Å². The van der Waals surface area contributed by atoms with E-state index in [0.717, 1.165) is 42.4 Å². The van der Waals surface area contributed by atoms with E-state index in [1.807, 2.05) is 30.3 Å². The first-order chi connectivity index (χ1) is 16.5. The summed E-state index contributed by atoms with van der Waals surface area (Å²) >= 11 is 0. The average Bonchev–Trinajstić information content (AvgIpc) is 3.71. The Labute approximate surface area is 198 Å². The van der Waals surface area contributed by atoms with E-state index in [4.69, 9.17) is 9.47 Å². The average molecular weight is 465 g/mol. The van der Waals surface area contributed by atoms with Crippen LogP contribution in [0.5, 0.6) is 0 Å². The molecule has 5 heteroatoms. The minimum atomic E-state index is -0.818. The third-order valence-electron chi connectivity index (χ3n) is 6.96. The highest BCUT2D eigenvalue weighted by molar-refractivity contribution is 5.72. The van der Waals surface area contributed by atoms with Crippen molar-refractivity contribution in [1.29, 1.82) is 0 Å². The van der Waals surface area contributed by atoms with Crippen molar-refractivity contribution in [3.8, 4) is 11.1 Å². The highest BCUT2D eigenvalue weighted by Crippen LogP contribution is 2.36. The van der Waals surface area contributed by atoms with Gasteiger partial charge in [-0.15, -0.1) is 0 Å². The highest BCUT2D eigenvalue weighted by atomic mass is 19.2. The van der Waals surface area contributed by atoms with E-state index >= 15 is 0 Å². The summed E-state index contributed by atoms with van der Waals surface area (Å²) in [6, 6.07) is 15.8. The lowest BCUT2D eigenvalue weighted by atomic mass is 9.82. The molecule has 0 amide bonds. The molecule has 34 heavy (non-hydrogen) atoms. The van der Waals surface area contributed by atoms with Gasteiger partial charge in [0.1, 0.15) is 11.9 Å². The molecule has 2 aliphatic rings. The van der Waals surface area contributed by atoms with Crippen molar-refractivity contribution in [2.45, 2.75) is 43.8 Å². The number of hydrogen-bond donors (Lipinski definition) is 0. The molecule has 0 spiro atoms. The molecule has 1 unspecified atom stereocenters. The van der Waals surface area contributed by atoms with Gasteiger partial charge in [-0.3, -0.25) is 0 Å². The van der Waals surface area contributed by atoms with E-state index in [0.29, 0.717) is 17.7 Å². The van der Waals surface area contributed by atoms with Gasteiger partial charge in [0.05, 0.1) is 12.7 Å². The number of methoxy groups -OCH3 is 1. The number of epoxide rings is 1. The fraction of sp³-hybridized carbons (Fsp3) is 0.310. The molecule has 0 radical (unpaired) electrons. The fourth-order valence-electron chi connectivity index (χ4n) is 4.80. The number of ether oxygens (including phenoxy) is 2.